The van der Waals surface area contributed by atoms with Crippen LogP contribution >= 0.6 is 11.8 Å². The number of thioether (sulfide) groups is 1. The van der Waals surface area contributed by atoms with Crippen molar-refractivity contribution in [2.45, 2.75) is 44.0 Å². The number of halogens is 1. The molecule has 0 spiro atoms. The number of rotatable bonds is 4. The van der Waals surface area contributed by atoms with Crippen molar-refractivity contribution >= 4 is 17.7 Å². The molecule has 19 heavy (non-hydrogen) atoms. The minimum atomic E-state index is -0.248. The van der Waals surface area contributed by atoms with Crippen LogP contribution in [0, 0.1) is 11.2 Å². The highest BCUT2D eigenvalue weighted by Crippen LogP contribution is 2.36. The van der Waals surface area contributed by atoms with Gasteiger partial charge in [-0.3, -0.25) is 4.79 Å². The summed E-state index contributed by atoms with van der Waals surface area (Å²) in [5, 5.41) is 3.08. The normalized spacial score (nSPS) is 21.3. The summed E-state index contributed by atoms with van der Waals surface area (Å²) in [6.07, 6.45) is 3.29. The molecular weight excluding hydrogens is 261 g/mol. The highest BCUT2D eigenvalue weighted by molar-refractivity contribution is 8.00. The number of hydrogen-bond acceptors (Lipinski definition) is 2. The van der Waals surface area contributed by atoms with E-state index < -0.39 is 0 Å². The van der Waals surface area contributed by atoms with Crippen LogP contribution in [0.2, 0.25) is 0 Å². The summed E-state index contributed by atoms with van der Waals surface area (Å²) in [5.74, 6) is 0.210. The fourth-order valence-electron chi connectivity index (χ4n) is 2.51. The van der Waals surface area contributed by atoms with Crippen LogP contribution < -0.4 is 5.32 Å². The molecule has 1 aromatic rings. The summed E-state index contributed by atoms with van der Waals surface area (Å²) >= 11 is 1.44. The van der Waals surface area contributed by atoms with Gasteiger partial charge in [-0.05, 0) is 48.9 Å². The summed E-state index contributed by atoms with van der Waals surface area (Å²) in [4.78, 5) is 12.8. The van der Waals surface area contributed by atoms with E-state index in [4.69, 9.17) is 0 Å². The Morgan fingerprint density at radius 1 is 1.42 bits per heavy atom. The maximum Gasteiger partial charge on any atom is 0.230 e. The number of benzene rings is 1. The monoisotopic (exact) mass is 281 g/mol. The summed E-state index contributed by atoms with van der Waals surface area (Å²) in [7, 11) is 0. The number of hydrogen-bond donors (Lipinski definition) is 1. The van der Waals surface area contributed by atoms with Crippen molar-refractivity contribution in [3.63, 3.8) is 0 Å². The smallest absolute Gasteiger partial charge is 0.230 e. The van der Waals surface area contributed by atoms with Gasteiger partial charge in [0.25, 0.3) is 0 Å². The zero-order chi connectivity index (χ0) is 13.9. The molecule has 1 fully saturated rings. The third-order valence-corrected chi connectivity index (χ3v) is 4.53. The molecular formula is C15H20FNOS. The highest BCUT2D eigenvalue weighted by atomic mass is 32.2. The third-order valence-electron chi connectivity index (χ3n) is 3.52. The fraction of sp³-hybridized carbons (Fsp3) is 0.533. The quantitative estimate of drug-likeness (QED) is 0.854. The summed E-state index contributed by atoms with van der Waals surface area (Å²) in [6, 6.07) is 6.55. The van der Waals surface area contributed by atoms with Crippen LogP contribution in [0.5, 0.6) is 0 Å². The van der Waals surface area contributed by atoms with E-state index in [1.54, 1.807) is 12.1 Å². The number of amides is 1. The van der Waals surface area contributed by atoms with Crippen molar-refractivity contribution in [2.75, 3.05) is 5.75 Å². The van der Waals surface area contributed by atoms with Gasteiger partial charge in [0.05, 0.1) is 5.75 Å². The standard InChI is InChI=1S/C15H20FNOS/c1-15(2)8-7-12(9-15)17-14(18)10-19-13-5-3-11(16)4-6-13/h3-6,12H,7-10H2,1-2H3,(H,17,18). The van der Waals surface area contributed by atoms with Gasteiger partial charge in [-0.1, -0.05) is 13.8 Å². The Morgan fingerprint density at radius 2 is 2.11 bits per heavy atom. The van der Waals surface area contributed by atoms with Gasteiger partial charge in [0.15, 0.2) is 0 Å². The van der Waals surface area contributed by atoms with E-state index >= 15 is 0 Å². The first-order valence-electron chi connectivity index (χ1n) is 6.62. The Hall–Kier alpha value is -1.03. The Balaban J connectivity index is 1.74. The van der Waals surface area contributed by atoms with Crippen LogP contribution in [0.25, 0.3) is 0 Å². The van der Waals surface area contributed by atoms with Gasteiger partial charge in [-0.15, -0.1) is 11.8 Å². The van der Waals surface area contributed by atoms with Crippen LogP contribution in [0.1, 0.15) is 33.1 Å². The van der Waals surface area contributed by atoms with E-state index in [9.17, 15) is 9.18 Å². The second-order valence-electron chi connectivity index (χ2n) is 5.91. The molecule has 1 N–H and O–H groups in total. The maximum absolute atomic E-state index is 12.7. The van der Waals surface area contributed by atoms with E-state index in [2.05, 4.69) is 19.2 Å². The van der Waals surface area contributed by atoms with Crippen LogP contribution in [-0.4, -0.2) is 17.7 Å². The highest BCUT2D eigenvalue weighted by Gasteiger charge is 2.31. The Labute approximate surface area is 118 Å². The maximum atomic E-state index is 12.7. The van der Waals surface area contributed by atoms with Gasteiger partial charge in [0, 0.05) is 10.9 Å². The van der Waals surface area contributed by atoms with Gasteiger partial charge >= 0.3 is 0 Å². The molecule has 1 aromatic carbocycles. The van der Waals surface area contributed by atoms with Crippen LogP contribution in [0.15, 0.2) is 29.2 Å². The number of carbonyl (C=O) groups excluding carboxylic acids is 1. The van der Waals surface area contributed by atoms with Crippen molar-refractivity contribution in [2.24, 2.45) is 5.41 Å². The van der Waals surface area contributed by atoms with E-state index in [1.807, 2.05) is 0 Å². The molecule has 0 heterocycles. The lowest BCUT2D eigenvalue weighted by Crippen LogP contribution is -2.34. The molecule has 0 saturated heterocycles. The second kappa shape index (κ2) is 5.95. The lowest BCUT2D eigenvalue weighted by atomic mass is 9.92. The minimum Gasteiger partial charge on any atom is -0.353 e. The summed E-state index contributed by atoms with van der Waals surface area (Å²) < 4.78 is 12.7. The molecule has 4 heteroatoms. The molecule has 0 aromatic heterocycles. The molecule has 0 aliphatic heterocycles. The average molecular weight is 281 g/mol. The molecule has 1 atom stereocenters. The molecule has 1 unspecified atom stereocenters. The first-order chi connectivity index (χ1) is 8.94. The minimum absolute atomic E-state index is 0.0667. The summed E-state index contributed by atoms with van der Waals surface area (Å²) in [5.41, 5.74) is 0.349. The molecule has 1 aliphatic carbocycles. The van der Waals surface area contributed by atoms with Crippen LogP contribution in [0.3, 0.4) is 0 Å². The molecule has 104 valence electrons. The van der Waals surface area contributed by atoms with E-state index in [-0.39, 0.29) is 11.7 Å². The predicted octanol–water partition coefficient (Wildman–Crippen LogP) is 3.61. The first-order valence-corrected chi connectivity index (χ1v) is 7.61. The predicted molar refractivity (Wildman–Crippen MR) is 76.7 cm³/mol. The Bertz CT molecular complexity index is 444. The Morgan fingerprint density at radius 3 is 2.68 bits per heavy atom. The third kappa shape index (κ3) is 4.53. The summed E-state index contributed by atoms with van der Waals surface area (Å²) in [6.45, 7) is 4.48. The molecule has 1 aliphatic rings. The van der Waals surface area contributed by atoms with Gasteiger partial charge in [-0.2, -0.15) is 0 Å². The van der Waals surface area contributed by atoms with Crippen molar-refractivity contribution in [3.8, 4) is 0 Å². The molecule has 2 nitrogen and oxygen atoms in total. The molecule has 1 saturated carbocycles. The van der Waals surface area contributed by atoms with E-state index in [0.29, 0.717) is 17.2 Å². The van der Waals surface area contributed by atoms with Gasteiger partial charge < -0.3 is 5.32 Å². The lowest BCUT2D eigenvalue weighted by Gasteiger charge is -2.17. The molecule has 2 rings (SSSR count). The number of nitrogens with one attached hydrogen (secondary N) is 1. The average Bonchev–Trinajstić information content (AvgIpc) is 2.68. The lowest BCUT2D eigenvalue weighted by molar-refractivity contribution is -0.119. The van der Waals surface area contributed by atoms with Crippen molar-refractivity contribution in [1.82, 2.24) is 5.32 Å². The number of carbonyl (C=O) groups is 1. The zero-order valence-corrected chi connectivity index (χ0v) is 12.2. The molecule has 0 bridgehead atoms. The molecule has 0 radical (unpaired) electrons. The van der Waals surface area contributed by atoms with Crippen LogP contribution in [-0.2, 0) is 4.79 Å². The molecule has 1 amide bonds. The van der Waals surface area contributed by atoms with Crippen LogP contribution in [0.4, 0.5) is 4.39 Å². The van der Waals surface area contributed by atoms with E-state index in [0.717, 1.165) is 17.7 Å². The van der Waals surface area contributed by atoms with Gasteiger partial charge in [0.2, 0.25) is 5.91 Å². The topological polar surface area (TPSA) is 29.1 Å². The fourth-order valence-corrected chi connectivity index (χ4v) is 3.22. The van der Waals surface area contributed by atoms with Gasteiger partial charge in [0.1, 0.15) is 5.82 Å². The largest absolute Gasteiger partial charge is 0.353 e. The zero-order valence-electron chi connectivity index (χ0n) is 11.4. The Kier molecular flexibility index (Phi) is 4.50. The first kappa shape index (κ1) is 14.4. The SMILES string of the molecule is CC1(C)CCC(NC(=O)CSc2ccc(F)cc2)C1. The second-order valence-corrected chi connectivity index (χ2v) is 6.96. The van der Waals surface area contributed by atoms with Crippen molar-refractivity contribution in [1.29, 1.82) is 0 Å². The van der Waals surface area contributed by atoms with Gasteiger partial charge in [-0.25, -0.2) is 4.39 Å². The van der Waals surface area contributed by atoms with Crippen molar-refractivity contribution < 1.29 is 9.18 Å². The van der Waals surface area contributed by atoms with E-state index in [1.165, 1.54) is 30.3 Å². The van der Waals surface area contributed by atoms with Crippen molar-refractivity contribution in [3.05, 3.63) is 30.1 Å².